The summed E-state index contributed by atoms with van der Waals surface area (Å²) in [6.07, 6.45) is 5.06. The molecule has 41 heavy (non-hydrogen) atoms. The van der Waals surface area contributed by atoms with Crippen LogP contribution in [-0.4, -0.2) is 84.2 Å². The van der Waals surface area contributed by atoms with Gasteiger partial charge in [0, 0.05) is 35.1 Å². The van der Waals surface area contributed by atoms with Crippen molar-refractivity contribution in [1.82, 2.24) is 24.8 Å². The monoisotopic (exact) mass is 616 g/mol. The Bertz CT molecular complexity index is 1580. The minimum absolute atomic E-state index is 0.0558. The Kier molecular flexibility index (Phi) is 8.57. The van der Waals surface area contributed by atoms with E-state index in [2.05, 4.69) is 27.1 Å². The normalized spacial score (nSPS) is 18.7. The van der Waals surface area contributed by atoms with E-state index in [1.807, 2.05) is 22.9 Å². The topological polar surface area (TPSA) is 194 Å². The molecule has 0 saturated carbocycles. The molecule has 2 aliphatic heterocycles. The molecule has 2 atom stereocenters. The first kappa shape index (κ1) is 28.6. The molecule has 0 spiro atoms. The van der Waals surface area contributed by atoms with Gasteiger partial charge in [-0.2, -0.15) is 0 Å². The summed E-state index contributed by atoms with van der Waals surface area (Å²) in [7, 11) is 0. The van der Waals surface area contributed by atoms with Gasteiger partial charge in [-0.15, -0.1) is 39.4 Å². The molecule has 0 bridgehead atoms. The molecule has 14 nitrogen and oxygen atoms in total. The molecule has 5 rings (SSSR count). The minimum atomic E-state index is -1.22. The third kappa shape index (κ3) is 5.79. The molecular formula is C24H26N9O5S3+. The quantitative estimate of drug-likeness (QED) is 0.0409. The van der Waals surface area contributed by atoms with Gasteiger partial charge in [-0.25, -0.2) is 14.3 Å². The number of β-lactam (4-membered cyclic amide) rings is 1. The Hall–Kier alpha value is -3.93. The molecule has 2 amide bonds. The van der Waals surface area contributed by atoms with Gasteiger partial charge in [0.05, 0.1) is 0 Å². The maximum Gasteiger partial charge on any atom is 0.352 e. The average molecular weight is 617 g/mol. The number of amides is 2. The van der Waals surface area contributed by atoms with E-state index in [1.54, 1.807) is 27.9 Å². The number of carboxylic acids is 1. The van der Waals surface area contributed by atoms with Gasteiger partial charge in [-0.3, -0.25) is 14.5 Å². The number of carbonyl (C=O) groups is 3. The number of aliphatic carboxylic acids is 1. The zero-order chi connectivity index (χ0) is 29.1. The lowest BCUT2D eigenvalue weighted by Gasteiger charge is -2.49. The number of nitrogens with one attached hydrogen (secondary N) is 1. The summed E-state index contributed by atoms with van der Waals surface area (Å²) >= 11 is 4.04. The second-order valence-corrected chi connectivity index (χ2v) is 11.9. The van der Waals surface area contributed by atoms with Crippen LogP contribution in [0, 0.1) is 0 Å². The lowest BCUT2D eigenvalue weighted by Crippen LogP contribution is -2.71. The largest absolute Gasteiger partial charge is 0.477 e. The van der Waals surface area contributed by atoms with Crippen molar-refractivity contribution in [2.75, 3.05) is 30.4 Å². The number of thiazole rings is 1. The summed E-state index contributed by atoms with van der Waals surface area (Å²) in [4.78, 5) is 49.1. The van der Waals surface area contributed by atoms with Gasteiger partial charge in [-0.05, 0) is 6.07 Å². The summed E-state index contributed by atoms with van der Waals surface area (Å²) < 4.78 is 3.59. The maximum absolute atomic E-state index is 13.2. The van der Waals surface area contributed by atoms with Crippen LogP contribution in [0.1, 0.15) is 5.69 Å². The van der Waals surface area contributed by atoms with Gasteiger partial charge in [0.2, 0.25) is 0 Å². The minimum Gasteiger partial charge on any atom is -0.477 e. The molecule has 1 fully saturated rings. The lowest BCUT2D eigenvalue weighted by atomic mass is 10.0. The van der Waals surface area contributed by atoms with E-state index in [4.69, 9.17) is 16.3 Å². The molecule has 214 valence electrons. The van der Waals surface area contributed by atoms with E-state index >= 15 is 0 Å². The van der Waals surface area contributed by atoms with Crippen LogP contribution in [0.25, 0.3) is 5.65 Å². The smallest absolute Gasteiger partial charge is 0.352 e. The zero-order valence-electron chi connectivity index (χ0n) is 21.5. The number of carbonyl (C=O) groups excluding carboxylic acids is 2. The van der Waals surface area contributed by atoms with Crippen LogP contribution in [0.5, 0.6) is 0 Å². The number of carboxylic acid groups (broad SMARTS) is 1. The van der Waals surface area contributed by atoms with Crippen molar-refractivity contribution in [2.24, 2.45) is 10.9 Å². The van der Waals surface area contributed by atoms with Crippen molar-refractivity contribution in [2.45, 2.75) is 23.0 Å². The Balaban J connectivity index is 1.34. The third-order valence-electron chi connectivity index (χ3n) is 6.09. The lowest BCUT2D eigenvalue weighted by molar-refractivity contribution is -0.662. The van der Waals surface area contributed by atoms with E-state index in [9.17, 15) is 19.5 Å². The molecule has 0 radical (unpaired) electrons. The van der Waals surface area contributed by atoms with Crippen LogP contribution in [0.2, 0.25) is 0 Å². The number of fused-ring (bicyclic) bond motifs is 2. The number of aromatic nitrogens is 4. The summed E-state index contributed by atoms with van der Waals surface area (Å²) in [6.45, 7) is 4.39. The van der Waals surface area contributed by atoms with Crippen LogP contribution < -0.4 is 21.4 Å². The summed E-state index contributed by atoms with van der Waals surface area (Å²) in [5.41, 5.74) is 12.6. The molecule has 17 heteroatoms. The fourth-order valence-corrected chi connectivity index (χ4v) is 6.84. The predicted octanol–water partition coefficient (Wildman–Crippen LogP) is 0.0568. The van der Waals surface area contributed by atoms with E-state index in [0.717, 1.165) is 27.8 Å². The molecule has 6 N–H and O–H groups in total. The van der Waals surface area contributed by atoms with E-state index in [-0.39, 0.29) is 35.4 Å². The number of thioether (sulfide) groups is 2. The number of nitrogen functional groups attached to an aromatic ring is 1. The molecule has 3 aromatic rings. The van der Waals surface area contributed by atoms with Crippen LogP contribution >= 0.6 is 34.9 Å². The third-order valence-corrected chi connectivity index (χ3v) is 9.06. The van der Waals surface area contributed by atoms with Crippen molar-refractivity contribution in [3.63, 3.8) is 0 Å². The second-order valence-electron chi connectivity index (χ2n) is 8.75. The molecule has 0 aliphatic carbocycles. The number of hydrogen-bond donors (Lipinski definition) is 4. The van der Waals surface area contributed by atoms with Gasteiger partial charge in [-0.1, -0.05) is 22.9 Å². The number of hydrogen-bond acceptors (Lipinski definition) is 12. The van der Waals surface area contributed by atoms with Gasteiger partial charge in [0.15, 0.2) is 17.0 Å². The van der Waals surface area contributed by atoms with Gasteiger partial charge >= 0.3 is 11.6 Å². The van der Waals surface area contributed by atoms with Crippen molar-refractivity contribution in [1.29, 1.82) is 0 Å². The number of nitrogens with zero attached hydrogens (tertiary/aromatic N) is 6. The van der Waals surface area contributed by atoms with Crippen LogP contribution in [0.15, 0.2) is 64.0 Å². The molecular weight excluding hydrogens is 591 g/mol. The van der Waals surface area contributed by atoms with E-state index in [1.165, 1.54) is 22.7 Å². The van der Waals surface area contributed by atoms with Crippen molar-refractivity contribution >= 4 is 69.1 Å². The van der Waals surface area contributed by atoms with Gasteiger partial charge in [0.25, 0.3) is 11.8 Å². The first-order valence-corrected chi connectivity index (χ1v) is 15.2. The number of anilines is 1. The molecule has 3 aromatic heterocycles. The molecule has 0 unspecified atom stereocenters. The highest BCUT2D eigenvalue weighted by Gasteiger charge is 2.54. The predicted molar refractivity (Wildman–Crippen MR) is 154 cm³/mol. The number of nitrogens with two attached hydrogens (primary N) is 2. The van der Waals surface area contributed by atoms with Crippen LogP contribution in [-0.2, 0) is 25.8 Å². The standard InChI is InChI=1S/C24H25N9O5S3/c1-2-8-38-30-17(14-12-41-24(26)27-14)20(34)28-18-21(35)33-19(23(36)37)13(11-40-22(18)33)10-31-6-7-32-16(31)4-3-15(29-32)39-9-5-25/h2-4,6-7,12,18,22H,1,5,8-11,25H2,(H3-,26,27,28,34,36,37)/p+1/b30-17-/t18-,22-/m1/s1. The number of rotatable bonds is 12. The number of oxime groups is 1. The van der Waals surface area contributed by atoms with Crippen molar-refractivity contribution in [3.05, 3.63) is 59.5 Å². The summed E-state index contributed by atoms with van der Waals surface area (Å²) in [5, 5.41) is 23.2. The average Bonchev–Trinajstić information content (AvgIpc) is 3.57. The summed E-state index contributed by atoms with van der Waals surface area (Å²) in [5.74, 6) is -1.36. The molecule has 0 aromatic carbocycles. The fourth-order valence-electron chi connectivity index (χ4n) is 4.32. The Morgan fingerprint density at radius 1 is 1.41 bits per heavy atom. The Morgan fingerprint density at radius 2 is 2.24 bits per heavy atom. The van der Waals surface area contributed by atoms with Crippen LogP contribution in [0.3, 0.4) is 0 Å². The van der Waals surface area contributed by atoms with Crippen molar-refractivity contribution < 1.29 is 28.9 Å². The van der Waals surface area contributed by atoms with Crippen LogP contribution in [0.4, 0.5) is 5.13 Å². The fraction of sp³-hybridized carbons (Fsp3) is 0.292. The Morgan fingerprint density at radius 3 is 2.95 bits per heavy atom. The summed E-state index contributed by atoms with van der Waals surface area (Å²) in [6, 6.07) is 2.83. The SMILES string of the molecule is C=CCO/N=C(\C(=O)N[C@@H]1C(=O)N2C(C(=O)O)=C(C[n+]3ccn4nc(SCCN)ccc43)CS[C@H]12)c1csc(N)n1. The molecule has 5 heterocycles. The van der Waals surface area contributed by atoms with Crippen molar-refractivity contribution in [3.8, 4) is 0 Å². The van der Waals surface area contributed by atoms with Gasteiger partial charge < -0.3 is 26.7 Å². The molecule has 2 aliphatic rings. The van der Waals surface area contributed by atoms with E-state index in [0.29, 0.717) is 17.9 Å². The zero-order valence-corrected chi connectivity index (χ0v) is 24.0. The molecule has 1 saturated heterocycles. The first-order valence-electron chi connectivity index (χ1n) is 12.3. The Labute approximate surface area is 246 Å². The highest BCUT2D eigenvalue weighted by Crippen LogP contribution is 2.40. The van der Waals surface area contributed by atoms with E-state index < -0.39 is 29.2 Å². The first-order chi connectivity index (χ1) is 19.8. The maximum atomic E-state index is 13.2. The second kappa shape index (κ2) is 12.3. The van der Waals surface area contributed by atoms with Gasteiger partial charge in [0.1, 0.15) is 47.2 Å². The highest BCUT2D eigenvalue weighted by atomic mass is 32.2. The number of imidazole rings is 1. The highest BCUT2D eigenvalue weighted by molar-refractivity contribution is 8.00.